The SMILES string of the molecule is COc1ccc(CC2(O)CC2)cc1OC1CN(C)C1. The minimum Gasteiger partial charge on any atom is -0.493 e. The second-order valence-electron chi connectivity index (χ2n) is 5.85. The molecule has 1 aliphatic heterocycles. The van der Waals surface area contributed by atoms with Crippen molar-refractivity contribution in [2.24, 2.45) is 0 Å². The molecule has 1 heterocycles. The number of hydrogen-bond donors (Lipinski definition) is 1. The molecule has 0 unspecified atom stereocenters. The molecular weight excluding hydrogens is 242 g/mol. The lowest BCUT2D eigenvalue weighted by Crippen LogP contribution is -2.51. The van der Waals surface area contributed by atoms with E-state index in [-0.39, 0.29) is 6.10 Å². The largest absolute Gasteiger partial charge is 0.493 e. The van der Waals surface area contributed by atoms with Crippen LogP contribution >= 0.6 is 0 Å². The Labute approximate surface area is 113 Å². The van der Waals surface area contributed by atoms with Crippen molar-refractivity contribution in [2.75, 3.05) is 27.2 Å². The molecule has 1 N–H and O–H groups in total. The fourth-order valence-corrected chi connectivity index (χ4v) is 2.52. The van der Waals surface area contributed by atoms with Crippen LogP contribution in [0.4, 0.5) is 0 Å². The van der Waals surface area contributed by atoms with E-state index in [0.717, 1.165) is 43.0 Å². The predicted molar refractivity (Wildman–Crippen MR) is 72.8 cm³/mol. The summed E-state index contributed by atoms with van der Waals surface area (Å²) in [6.45, 7) is 1.91. The van der Waals surface area contributed by atoms with E-state index in [9.17, 15) is 5.11 Å². The molecule has 0 spiro atoms. The molecule has 0 bridgehead atoms. The highest BCUT2D eigenvalue weighted by molar-refractivity contribution is 5.43. The summed E-state index contributed by atoms with van der Waals surface area (Å²) in [7, 11) is 3.74. The van der Waals surface area contributed by atoms with Gasteiger partial charge >= 0.3 is 0 Å². The first-order chi connectivity index (χ1) is 9.08. The topological polar surface area (TPSA) is 41.9 Å². The first-order valence-corrected chi connectivity index (χ1v) is 6.82. The Bertz CT molecular complexity index is 464. The summed E-state index contributed by atoms with van der Waals surface area (Å²) >= 11 is 0. The Hall–Kier alpha value is -1.26. The molecular formula is C15H21NO3. The quantitative estimate of drug-likeness (QED) is 0.873. The second-order valence-corrected chi connectivity index (χ2v) is 5.85. The summed E-state index contributed by atoms with van der Waals surface area (Å²) in [5.41, 5.74) is 0.645. The van der Waals surface area contributed by atoms with Gasteiger partial charge in [0.15, 0.2) is 11.5 Å². The van der Waals surface area contributed by atoms with Crippen molar-refractivity contribution in [1.29, 1.82) is 0 Å². The van der Waals surface area contributed by atoms with Crippen molar-refractivity contribution in [2.45, 2.75) is 31.0 Å². The van der Waals surface area contributed by atoms with Gasteiger partial charge in [-0.25, -0.2) is 0 Å². The molecule has 0 radical (unpaired) electrons. The van der Waals surface area contributed by atoms with Crippen LogP contribution in [0.25, 0.3) is 0 Å². The molecule has 4 heteroatoms. The number of nitrogens with zero attached hydrogens (tertiary/aromatic N) is 1. The third kappa shape index (κ3) is 2.85. The number of ether oxygens (including phenoxy) is 2. The highest BCUT2D eigenvalue weighted by Crippen LogP contribution is 2.40. The van der Waals surface area contributed by atoms with Gasteiger partial charge in [0.05, 0.1) is 12.7 Å². The summed E-state index contributed by atoms with van der Waals surface area (Å²) in [6.07, 6.45) is 2.77. The monoisotopic (exact) mass is 263 g/mol. The third-order valence-electron chi connectivity index (χ3n) is 3.91. The standard InChI is InChI=1S/C15H21NO3/c1-16-9-12(10-16)19-14-7-11(3-4-13(14)18-2)8-15(17)5-6-15/h3-4,7,12,17H,5-6,8-10H2,1-2H3. The number of likely N-dealkylation sites (tertiary alicyclic amines) is 1. The van der Waals surface area contributed by atoms with Crippen LogP contribution < -0.4 is 9.47 Å². The molecule has 1 saturated carbocycles. The van der Waals surface area contributed by atoms with E-state index < -0.39 is 5.60 Å². The maximum Gasteiger partial charge on any atom is 0.161 e. The van der Waals surface area contributed by atoms with Gasteiger partial charge in [-0.15, -0.1) is 0 Å². The Morgan fingerprint density at radius 1 is 1.32 bits per heavy atom. The van der Waals surface area contributed by atoms with E-state index in [4.69, 9.17) is 9.47 Å². The first-order valence-electron chi connectivity index (χ1n) is 6.82. The molecule has 0 aromatic heterocycles. The molecule has 1 aromatic rings. The van der Waals surface area contributed by atoms with Crippen LogP contribution in [-0.2, 0) is 6.42 Å². The van der Waals surface area contributed by atoms with Crippen molar-refractivity contribution in [3.8, 4) is 11.5 Å². The number of rotatable bonds is 5. The molecule has 0 atom stereocenters. The van der Waals surface area contributed by atoms with E-state index >= 15 is 0 Å². The van der Waals surface area contributed by atoms with Crippen LogP contribution in [0.3, 0.4) is 0 Å². The van der Waals surface area contributed by atoms with E-state index in [1.807, 2.05) is 18.2 Å². The average molecular weight is 263 g/mol. The first kappa shape index (κ1) is 12.8. The Morgan fingerprint density at radius 3 is 2.63 bits per heavy atom. The normalized spacial score (nSPS) is 21.8. The number of likely N-dealkylation sites (N-methyl/N-ethyl adjacent to an activating group) is 1. The van der Waals surface area contributed by atoms with Gasteiger partial charge in [0, 0.05) is 19.5 Å². The van der Waals surface area contributed by atoms with Gasteiger partial charge < -0.3 is 14.6 Å². The van der Waals surface area contributed by atoms with Crippen LogP contribution in [0.1, 0.15) is 18.4 Å². The van der Waals surface area contributed by atoms with Crippen LogP contribution in [0.5, 0.6) is 11.5 Å². The third-order valence-corrected chi connectivity index (χ3v) is 3.91. The Balaban J connectivity index is 1.73. The molecule has 19 heavy (non-hydrogen) atoms. The molecule has 3 rings (SSSR count). The number of aliphatic hydroxyl groups is 1. The molecule has 1 saturated heterocycles. The molecule has 2 aliphatic rings. The lowest BCUT2D eigenvalue weighted by atomic mass is 10.1. The highest BCUT2D eigenvalue weighted by atomic mass is 16.5. The van der Waals surface area contributed by atoms with Crippen molar-refractivity contribution >= 4 is 0 Å². The lowest BCUT2D eigenvalue weighted by molar-refractivity contribution is 0.0369. The Morgan fingerprint density at radius 2 is 2.05 bits per heavy atom. The summed E-state index contributed by atoms with van der Waals surface area (Å²) < 4.78 is 11.3. The predicted octanol–water partition coefficient (Wildman–Crippen LogP) is 1.46. The minimum absolute atomic E-state index is 0.248. The lowest BCUT2D eigenvalue weighted by Gasteiger charge is -2.36. The molecule has 1 aliphatic carbocycles. The van der Waals surface area contributed by atoms with Crippen molar-refractivity contribution in [3.63, 3.8) is 0 Å². The van der Waals surface area contributed by atoms with Crippen molar-refractivity contribution < 1.29 is 14.6 Å². The van der Waals surface area contributed by atoms with Gasteiger partial charge in [-0.2, -0.15) is 0 Å². The number of benzene rings is 1. The van der Waals surface area contributed by atoms with Gasteiger partial charge in [0.25, 0.3) is 0 Å². The van der Waals surface area contributed by atoms with Crippen LogP contribution in [0.15, 0.2) is 18.2 Å². The maximum atomic E-state index is 9.99. The molecule has 2 fully saturated rings. The molecule has 104 valence electrons. The molecule has 1 aromatic carbocycles. The fourth-order valence-electron chi connectivity index (χ4n) is 2.52. The number of hydrogen-bond acceptors (Lipinski definition) is 4. The molecule has 0 amide bonds. The maximum absolute atomic E-state index is 9.99. The Kier molecular flexibility index (Phi) is 3.15. The summed E-state index contributed by atoms with van der Waals surface area (Å²) in [4.78, 5) is 2.22. The summed E-state index contributed by atoms with van der Waals surface area (Å²) in [5.74, 6) is 1.56. The van der Waals surface area contributed by atoms with Gasteiger partial charge in [-0.3, -0.25) is 4.90 Å². The van der Waals surface area contributed by atoms with Gasteiger partial charge in [0.1, 0.15) is 6.10 Å². The second kappa shape index (κ2) is 4.69. The number of methoxy groups -OCH3 is 1. The average Bonchev–Trinajstić information content (AvgIpc) is 3.05. The van der Waals surface area contributed by atoms with Gasteiger partial charge in [-0.05, 0) is 37.6 Å². The van der Waals surface area contributed by atoms with E-state index in [0.29, 0.717) is 6.42 Å². The van der Waals surface area contributed by atoms with E-state index in [1.165, 1.54) is 0 Å². The molecule has 4 nitrogen and oxygen atoms in total. The zero-order valence-electron chi connectivity index (χ0n) is 11.6. The van der Waals surface area contributed by atoms with E-state index in [1.54, 1.807) is 7.11 Å². The van der Waals surface area contributed by atoms with Crippen molar-refractivity contribution in [1.82, 2.24) is 4.90 Å². The van der Waals surface area contributed by atoms with E-state index in [2.05, 4.69) is 11.9 Å². The van der Waals surface area contributed by atoms with Gasteiger partial charge in [-0.1, -0.05) is 6.07 Å². The summed E-state index contributed by atoms with van der Waals surface area (Å²) in [6, 6.07) is 5.95. The van der Waals surface area contributed by atoms with Crippen LogP contribution in [0.2, 0.25) is 0 Å². The van der Waals surface area contributed by atoms with Gasteiger partial charge in [0.2, 0.25) is 0 Å². The minimum atomic E-state index is -0.470. The van der Waals surface area contributed by atoms with Crippen LogP contribution in [-0.4, -0.2) is 49.0 Å². The zero-order chi connectivity index (χ0) is 13.5. The highest BCUT2D eigenvalue weighted by Gasteiger charge is 2.40. The van der Waals surface area contributed by atoms with Crippen molar-refractivity contribution in [3.05, 3.63) is 23.8 Å². The summed E-state index contributed by atoms with van der Waals surface area (Å²) in [5, 5.41) is 9.99. The smallest absolute Gasteiger partial charge is 0.161 e. The zero-order valence-corrected chi connectivity index (χ0v) is 11.6. The fraction of sp³-hybridized carbons (Fsp3) is 0.600. The van der Waals surface area contributed by atoms with Crippen LogP contribution in [0, 0.1) is 0 Å².